The van der Waals surface area contributed by atoms with Crippen LogP contribution in [0.1, 0.15) is 5.56 Å². The number of hydrogen-bond donors (Lipinski definition) is 2. The van der Waals surface area contributed by atoms with E-state index in [1.54, 1.807) is 0 Å². The summed E-state index contributed by atoms with van der Waals surface area (Å²) in [6.45, 7) is 2.05. The minimum atomic E-state index is 0.648. The minimum Gasteiger partial charge on any atom is -0.340 e. The number of halogens is 1. The molecule has 0 amide bonds. The van der Waals surface area contributed by atoms with Crippen molar-refractivity contribution in [3.63, 3.8) is 0 Å². The molecule has 0 saturated carbocycles. The molecular formula is C17H15ClN4. The van der Waals surface area contributed by atoms with E-state index in [0.717, 1.165) is 17.2 Å². The van der Waals surface area contributed by atoms with Crippen molar-refractivity contribution in [1.29, 1.82) is 0 Å². The van der Waals surface area contributed by atoms with E-state index in [2.05, 4.69) is 39.7 Å². The van der Waals surface area contributed by atoms with Gasteiger partial charge in [-0.3, -0.25) is 0 Å². The number of aromatic nitrogens is 2. The fraction of sp³-hybridized carbons (Fsp3) is 0.0588. The Morgan fingerprint density at radius 3 is 2.41 bits per heavy atom. The molecule has 0 atom stereocenters. The van der Waals surface area contributed by atoms with E-state index in [1.165, 1.54) is 11.9 Å². The van der Waals surface area contributed by atoms with E-state index in [0.29, 0.717) is 10.8 Å². The van der Waals surface area contributed by atoms with Crippen LogP contribution in [0.25, 0.3) is 0 Å². The molecule has 0 aliphatic heterocycles. The molecule has 1 aromatic heterocycles. The quantitative estimate of drug-likeness (QED) is 0.717. The smallest absolute Gasteiger partial charge is 0.135 e. The first-order valence-corrected chi connectivity index (χ1v) is 7.26. The molecule has 4 nitrogen and oxygen atoms in total. The third-order valence-electron chi connectivity index (χ3n) is 3.09. The summed E-state index contributed by atoms with van der Waals surface area (Å²) < 4.78 is 0. The van der Waals surface area contributed by atoms with Crippen LogP contribution >= 0.6 is 11.6 Å². The molecule has 5 heteroatoms. The molecule has 0 radical (unpaired) electrons. The number of para-hydroxylation sites is 1. The van der Waals surface area contributed by atoms with E-state index < -0.39 is 0 Å². The number of aryl methyl sites for hydroxylation is 1. The van der Waals surface area contributed by atoms with Crippen molar-refractivity contribution in [3.8, 4) is 0 Å². The van der Waals surface area contributed by atoms with Gasteiger partial charge in [0.2, 0.25) is 0 Å². The van der Waals surface area contributed by atoms with E-state index in [-0.39, 0.29) is 0 Å². The highest BCUT2D eigenvalue weighted by Gasteiger charge is 2.03. The summed E-state index contributed by atoms with van der Waals surface area (Å²) in [4.78, 5) is 8.45. The molecule has 1 heterocycles. The zero-order chi connectivity index (χ0) is 15.4. The zero-order valence-electron chi connectivity index (χ0n) is 12.0. The maximum atomic E-state index is 6.14. The van der Waals surface area contributed by atoms with Crippen molar-refractivity contribution < 1.29 is 0 Å². The highest BCUT2D eigenvalue weighted by Crippen LogP contribution is 2.25. The molecule has 0 unspecified atom stereocenters. The van der Waals surface area contributed by atoms with Gasteiger partial charge in [-0.25, -0.2) is 9.97 Å². The van der Waals surface area contributed by atoms with Crippen LogP contribution in [-0.2, 0) is 0 Å². The third kappa shape index (κ3) is 3.54. The van der Waals surface area contributed by atoms with Crippen LogP contribution in [0.4, 0.5) is 23.0 Å². The van der Waals surface area contributed by atoms with Crippen LogP contribution in [0.5, 0.6) is 0 Å². The van der Waals surface area contributed by atoms with Crippen molar-refractivity contribution in [2.45, 2.75) is 6.92 Å². The predicted molar refractivity (Wildman–Crippen MR) is 91.2 cm³/mol. The Hall–Kier alpha value is -2.59. The van der Waals surface area contributed by atoms with Gasteiger partial charge in [0.1, 0.15) is 18.0 Å². The van der Waals surface area contributed by atoms with Gasteiger partial charge in [-0.1, -0.05) is 35.9 Å². The summed E-state index contributed by atoms with van der Waals surface area (Å²) in [5.41, 5.74) is 2.99. The fourth-order valence-electron chi connectivity index (χ4n) is 2.07. The Labute approximate surface area is 134 Å². The molecule has 0 saturated heterocycles. The summed E-state index contributed by atoms with van der Waals surface area (Å²) in [5, 5.41) is 7.10. The maximum absolute atomic E-state index is 6.14. The van der Waals surface area contributed by atoms with Gasteiger partial charge in [0.25, 0.3) is 0 Å². The van der Waals surface area contributed by atoms with Gasteiger partial charge in [-0.2, -0.15) is 0 Å². The fourth-order valence-corrected chi connectivity index (χ4v) is 2.25. The predicted octanol–water partition coefficient (Wildman–Crippen LogP) is 4.93. The van der Waals surface area contributed by atoms with Crippen molar-refractivity contribution in [3.05, 3.63) is 71.5 Å². The van der Waals surface area contributed by atoms with Gasteiger partial charge >= 0.3 is 0 Å². The summed E-state index contributed by atoms with van der Waals surface area (Å²) in [6, 6.07) is 17.5. The second-order valence-corrected chi connectivity index (χ2v) is 5.30. The van der Waals surface area contributed by atoms with Crippen molar-refractivity contribution >= 4 is 34.6 Å². The summed E-state index contributed by atoms with van der Waals surface area (Å²) >= 11 is 6.14. The third-order valence-corrected chi connectivity index (χ3v) is 3.42. The number of benzene rings is 2. The van der Waals surface area contributed by atoms with Gasteiger partial charge in [0, 0.05) is 11.8 Å². The highest BCUT2D eigenvalue weighted by molar-refractivity contribution is 6.33. The lowest BCUT2D eigenvalue weighted by Crippen LogP contribution is -1.98. The van der Waals surface area contributed by atoms with Crippen LogP contribution in [0.15, 0.2) is 60.9 Å². The van der Waals surface area contributed by atoms with Gasteiger partial charge < -0.3 is 10.6 Å². The molecule has 3 aromatic rings. The Balaban J connectivity index is 1.79. The van der Waals surface area contributed by atoms with Crippen LogP contribution in [0.3, 0.4) is 0 Å². The molecule has 0 aliphatic carbocycles. The Morgan fingerprint density at radius 1 is 0.864 bits per heavy atom. The number of hydrogen-bond acceptors (Lipinski definition) is 4. The molecule has 0 spiro atoms. The first kappa shape index (κ1) is 14.4. The molecule has 2 aromatic carbocycles. The number of nitrogens with one attached hydrogen (secondary N) is 2. The molecule has 22 heavy (non-hydrogen) atoms. The lowest BCUT2D eigenvalue weighted by atomic mass is 10.2. The van der Waals surface area contributed by atoms with Gasteiger partial charge in [-0.15, -0.1) is 0 Å². The zero-order valence-corrected chi connectivity index (χ0v) is 12.8. The number of rotatable bonds is 4. The molecule has 0 bridgehead atoms. The molecule has 3 rings (SSSR count). The van der Waals surface area contributed by atoms with Crippen molar-refractivity contribution in [2.24, 2.45) is 0 Å². The first-order valence-electron chi connectivity index (χ1n) is 6.88. The van der Waals surface area contributed by atoms with Crippen molar-refractivity contribution in [2.75, 3.05) is 10.6 Å². The minimum absolute atomic E-state index is 0.648. The van der Waals surface area contributed by atoms with Crippen LogP contribution in [-0.4, -0.2) is 9.97 Å². The Bertz CT molecular complexity index is 789. The Kier molecular flexibility index (Phi) is 4.21. The maximum Gasteiger partial charge on any atom is 0.135 e. The lowest BCUT2D eigenvalue weighted by molar-refractivity contribution is 1.17. The summed E-state index contributed by atoms with van der Waals surface area (Å²) in [6.07, 6.45) is 1.51. The largest absolute Gasteiger partial charge is 0.340 e. The van der Waals surface area contributed by atoms with E-state index in [1.807, 2.05) is 42.5 Å². The van der Waals surface area contributed by atoms with E-state index in [9.17, 15) is 0 Å². The average molecular weight is 311 g/mol. The average Bonchev–Trinajstić information content (AvgIpc) is 2.50. The van der Waals surface area contributed by atoms with Crippen molar-refractivity contribution in [1.82, 2.24) is 9.97 Å². The van der Waals surface area contributed by atoms with Crippen LogP contribution < -0.4 is 10.6 Å². The highest BCUT2D eigenvalue weighted by atomic mass is 35.5. The van der Waals surface area contributed by atoms with Gasteiger partial charge in [0.05, 0.1) is 10.7 Å². The normalized spacial score (nSPS) is 10.3. The second kappa shape index (κ2) is 6.45. The lowest BCUT2D eigenvalue weighted by Gasteiger charge is -2.10. The number of anilines is 4. The first-order chi connectivity index (χ1) is 10.7. The SMILES string of the molecule is Cc1cccc(Nc2cc(Nc3ccccc3Cl)ncn2)c1. The molecular weight excluding hydrogens is 296 g/mol. The Morgan fingerprint density at radius 2 is 1.64 bits per heavy atom. The molecule has 0 aliphatic rings. The van der Waals surface area contributed by atoms with E-state index >= 15 is 0 Å². The van der Waals surface area contributed by atoms with Crippen LogP contribution in [0.2, 0.25) is 5.02 Å². The standard InChI is InChI=1S/C17H15ClN4/c1-12-5-4-6-13(9-12)21-16-10-17(20-11-19-16)22-15-8-3-2-7-14(15)18/h2-11H,1H3,(H2,19,20,21,22). The monoisotopic (exact) mass is 310 g/mol. The summed E-state index contributed by atoms with van der Waals surface area (Å²) in [5.74, 6) is 1.40. The molecule has 2 N–H and O–H groups in total. The van der Waals surface area contributed by atoms with Gasteiger partial charge in [0.15, 0.2) is 0 Å². The topological polar surface area (TPSA) is 49.8 Å². The summed E-state index contributed by atoms with van der Waals surface area (Å²) in [7, 11) is 0. The van der Waals surface area contributed by atoms with Gasteiger partial charge in [-0.05, 0) is 36.8 Å². The van der Waals surface area contributed by atoms with Crippen LogP contribution in [0, 0.1) is 6.92 Å². The second-order valence-electron chi connectivity index (χ2n) is 4.89. The van der Waals surface area contributed by atoms with E-state index in [4.69, 9.17) is 11.6 Å². The number of nitrogens with zero attached hydrogens (tertiary/aromatic N) is 2. The molecule has 0 fully saturated rings. The molecule has 110 valence electrons.